The molecule has 0 spiro atoms. The topological polar surface area (TPSA) is 0 Å². The zero-order valence-corrected chi connectivity index (χ0v) is 25.8. The fourth-order valence-electron chi connectivity index (χ4n) is 7.10. The molecule has 6 aromatic carbocycles. The van der Waals surface area contributed by atoms with Crippen LogP contribution in [0.5, 0.6) is 0 Å². The second-order valence-electron chi connectivity index (χ2n) is 11.2. The van der Waals surface area contributed by atoms with E-state index in [1.165, 1.54) is 55.3 Å². The first-order chi connectivity index (χ1) is 20.9. The van der Waals surface area contributed by atoms with Crippen LogP contribution >= 0.6 is 0 Å². The predicted octanol–water partition coefficient (Wildman–Crippen LogP) is 10.2. The van der Waals surface area contributed by atoms with Crippen molar-refractivity contribution in [3.05, 3.63) is 195 Å². The van der Waals surface area contributed by atoms with Crippen LogP contribution in [-0.2, 0) is 21.3 Å². The third-order valence-corrected chi connectivity index (χ3v) is 17.3. The summed E-state index contributed by atoms with van der Waals surface area (Å²) in [6.07, 6.45) is 5.88. The van der Waals surface area contributed by atoms with Crippen molar-refractivity contribution in [3.8, 4) is 11.1 Å². The van der Waals surface area contributed by atoms with Crippen molar-refractivity contribution < 1.29 is 21.3 Å². The standard InChI is InChI=1S/C15H11.C13H9.C13H10.Zr/c1-2-7-12(6-1)15-11-5-9-13-8-3-4-10-14(13)15;1-3-7-12-10(5-1)9-11-6-2-4-8-13(11)12;1-3-7-12(8-4-1)11-13-9-5-2-6-10-13;/h1,3-6,8-11H,2H2;1-9H;1-10H;. The van der Waals surface area contributed by atoms with Crippen molar-refractivity contribution in [2.75, 3.05) is 0 Å². The summed E-state index contributed by atoms with van der Waals surface area (Å²) in [5.74, 6) is 0. The molecule has 0 radical (unpaired) electrons. The number of benzene rings is 6. The summed E-state index contributed by atoms with van der Waals surface area (Å²) in [5, 5.41) is 2.65. The summed E-state index contributed by atoms with van der Waals surface area (Å²) in [6.45, 7) is 0. The van der Waals surface area contributed by atoms with Crippen molar-refractivity contribution in [1.82, 2.24) is 0 Å². The van der Waals surface area contributed by atoms with Gasteiger partial charge in [0.2, 0.25) is 0 Å². The molecular formula is C41H30Zr. The summed E-state index contributed by atoms with van der Waals surface area (Å²) >= 11 is -2.83. The van der Waals surface area contributed by atoms with Gasteiger partial charge in [-0.05, 0) is 0 Å². The quantitative estimate of drug-likeness (QED) is 0.181. The molecule has 2 aliphatic rings. The van der Waals surface area contributed by atoms with Crippen LogP contribution in [0.3, 0.4) is 0 Å². The molecule has 0 amide bonds. The Labute approximate surface area is 255 Å². The van der Waals surface area contributed by atoms with Gasteiger partial charge in [0.1, 0.15) is 0 Å². The number of rotatable bonds is 5. The molecule has 0 N–H and O–H groups in total. The minimum atomic E-state index is -2.83. The van der Waals surface area contributed by atoms with E-state index in [4.69, 9.17) is 0 Å². The van der Waals surface area contributed by atoms with Gasteiger partial charge in [-0.1, -0.05) is 0 Å². The summed E-state index contributed by atoms with van der Waals surface area (Å²) in [6, 6.07) is 56.6. The Morgan fingerprint density at radius 2 is 1.02 bits per heavy atom. The van der Waals surface area contributed by atoms with Crippen LogP contribution in [0.25, 0.3) is 27.5 Å². The monoisotopic (exact) mass is 612 g/mol. The summed E-state index contributed by atoms with van der Waals surface area (Å²) in [7, 11) is 0. The molecule has 42 heavy (non-hydrogen) atoms. The van der Waals surface area contributed by atoms with Gasteiger partial charge in [0, 0.05) is 0 Å². The first-order valence-electron chi connectivity index (χ1n) is 14.8. The minimum absolute atomic E-state index is 0.398. The second-order valence-corrected chi connectivity index (χ2v) is 17.3. The molecule has 0 saturated heterocycles. The van der Waals surface area contributed by atoms with Gasteiger partial charge in [-0.2, -0.15) is 0 Å². The Hall–Kier alpha value is -4.19. The van der Waals surface area contributed by atoms with E-state index in [0.29, 0.717) is 3.63 Å². The average molecular weight is 614 g/mol. The van der Waals surface area contributed by atoms with Crippen LogP contribution in [0.15, 0.2) is 167 Å². The molecule has 0 fully saturated rings. The Morgan fingerprint density at radius 3 is 1.69 bits per heavy atom. The van der Waals surface area contributed by atoms with Gasteiger partial charge in [-0.15, -0.1) is 0 Å². The van der Waals surface area contributed by atoms with Gasteiger partial charge in [0.25, 0.3) is 0 Å². The molecule has 0 atom stereocenters. The zero-order valence-electron chi connectivity index (χ0n) is 23.4. The molecule has 1 heteroatoms. The van der Waals surface area contributed by atoms with Crippen LogP contribution in [0.4, 0.5) is 0 Å². The maximum absolute atomic E-state index is 2.83. The van der Waals surface area contributed by atoms with Crippen molar-refractivity contribution in [2.45, 2.75) is 10.0 Å². The van der Waals surface area contributed by atoms with Crippen molar-refractivity contribution >= 4 is 19.6 Å². The molecule has 0 bridgehead atoms. The Bertz CT molecular complexity index is 1950. The van der Waals surface area contributed by atoms with Gasteiger partial charge < -0.3 is 0 Å². The van der Waals surface area contributed by atoms with Crippen LogP contribution in [0.2, 0.25) is 0 Å². The third kappa shape index (κ3) is 4.27. The SMILES string of the molecule is C1=CC(c2cccc3ccccc23)=[C]([Zr](=[C](c2ccccc2)c2ccccc2)[CH]2c3ccccc3-c3ccccc32)C1. The molecule has 198 valence electrons. The number of allylic oxidation sites excluding steroid dienone is 4. The van der Waals surface area contributed by atoms with E-state index in [9.17, 15) is 0 Å². The molecule has 0 aliphatic heterocycles. The predicted molar refractivity (Wildman–Crippen MR) is 174 cm³/mol. The van der Waals surface area contributed by atoms with E-state index in [0.717, 1.165) is 6.42 Å². The van der Waals surface area contributed by atoms with Gasteiger partial charge >= 0.3 is 257 Å². The maximum atomic E-state index is 2.43. The number of hydrogen-bond acceptors (Lipinski definition) is 0. The van der Waals surface area contributed by atoms with E-state index < -0.39 is 21.3 Å². The molecule has 8 rings (SSSR count). The summed E-state index contributed by atoms with van der Waals surface area (Å²) in [5.41, 5.74) is 11.4. The summed E-state index contributed by atoms with van der Waals surface area (Å²) < 4.78 is 3.68. The molecule has 6 aromatic rings. The van der Waals surface area contributed by atoms with Crippen molar-refractivity contribution in [3.63, 3.8) is 0 Å². The van der Waals surface area contributed by atoms with Crippen molar-refractivity contribution in [1.29, 1.82) is 0 Å². The molecule has 0 nitrogen and oxygen atoms in total. The second kappa shape index (κ2) is 10.9. The Kier molecular flexibility index (Phi) is 6.62. The van der Waals surface area contributed by atoms with E-state index >= 15 is 0 Å². The number of fused-ring (bicyclic) bond motifs is 4. The van der Waals surface area contributed by atoms with Gasteiger partial charge in [0.05, 0.1) is 0 Å². The van der Waals surface area contributed by atoms with E-state index in [2.05, 4.69) is 164 Å². The average Bonchev–Trinajstić information content (AvgIpc) is 3.67. The molecule has 0 heterocycles. The van der Waals surface area contributed by atoms with Crippen LogP contribution in [0, 0.1) is 0 Å². The Morgan fingerprint density at radius 1 is 0.500 bits per heavy atom. The van der Waals surface area contributed by atoms with E-state index in [1.807, 2.05) is 0 Å². The summed E-state index contributed by atoms with van der Waals surface area (Å²) in [4.78, 5) is 0. The fraction of sp³-hybridized carbons (Fsp3) is 0.0488. The van der Waals surface area contributed by atoms with Crippen molar-refractivity contribution in [2.24, 2.45) is 0 Å². The molecular weight excluding hydrogens is 584 g/mol. The van der Waals surface area contributed by atoms with E-state index in [-0.39, 0.29) is 0 Å². The molecule has 0 aromatic heterocycles. The van der Waals surface area contributed by atoms with Crippen LogP contribution in [-0.4, -0.2) is 3.21 Å². The molecule has 0 saturated carbocycles. The zero-order chi connectivity index (χ0) is 27.9. The van der Waals surface area contributed by atoms with Gasteiger partial charge in [-0.25, -0.2) is 0 Å². The normalized spacial score (nSPS) is 13.8. The van der Waals surface area contributed by atoms with Gasteiger partial charge in [-0.3, -0.25) is 0 Å². The first kappa shape index (κ1) is 25.5. The number of hydrogen-bond donors (Lipinski definition) is 0. The van der Waals surface area contributed by atoms with Gasteiger partial charge in [0.15, 0.2) is 0 Å². The first-order valence-corrected chi connectivity index (χ1v) is 18.7. The van der Waals surface area contributed by atoms with Crippen LogP contribution in [0.1, 0.15) is 37.9 Å². The molecule has 0 unspecified atom stereocenters. The van der Waals surface area contributed by atoms with E-state index in [1.54, 1.807) is 6.49 Å². The third-order valence-electron chi connectivity index (χ3n) is 8.85. The van der Waals surface area contributed by atoms with Crippen LogP contribution < -0.4 is 0 Å². The Balaban J connectivity index is 1.52. The fourth-order valence-corrected chi connectivity index (χ4v) is 16.6. The molecule has 2 aliphatic carbocycles.